The lowest BCUT2D eigenvalue weighted by atomic mass is 10.0. The number of unbranched alkanes of at least 4 members (excludes halogenated alkanes) is 40. The monoisotopic (exact) mass is 1120 g/mol. The topological polar surface area (TPSA) is 111 Å². The molecule has 0 amide bonds. The van der Waals surface area contributed by atoms with Crippen molar-refractivity contribution in [1.29, 1.82) is 0 Å². The Balaban J connectivity index is 4.03. The largest absolute Gasteiger partial charge is 0.756 e. The minimum absolute atomic E-state index is 0.0299. The third kappa shape index (κ3) is 63.2. The van der Waals surface area contributed by atoms with Gasteiger partial charge in [-0.2, -0.15) is 0 Å². The van der Waals surface area contributed by atoms with E-state index in [9.17, 15) is 19.0 Å². The van der Waals surface area contributed by atoms with Crippen molar-refractivity contribution < 1.29 is 42.1 Å². The summed E-state index contributed by atoms with van der Waals surface area (Å²) in [4.78, 5) is 38.0. The summed E-state index contributed by atoms with van der Waals surface area (Å²) < 4.78 is 34.3. The average molecular weight is 1120 g/mol. The summed E-state index contributed by atoms with van der Waals surface area (Å²) in [5.74, 6) is -0.821. The summed E-state index contributed by atoms with van der Waals surface area (Å²) >= 11 is 0. The van der Waals surface area contributed by atoms with E-state index in [0.29, 0.717) is 17.4 Å². The lowest BCUT2D eigenvalue weighted by Gasteiger charge is -2.28. The molecule has 10 heteroatoms. The molecule has 0 aromatic heterocycles. The zero-order valence-electron chi connectivity index (χ0n) is 52.1. The third-order valence-corrected chi connectivity index (χ3v) is 15.8. The summed E-state index contributed by atoms with van der Waals surface area (Å²) in [6.07, 6.45) is 76.1. The summed E-state index contributed by atoms with van der Waals surface area (Å²) in [7, 11) is 1.18. The van der Waals surface area contributed by atoms with E-state index in [0.717, 1.165) is 51.4 Å². The van der Waals surface area contributed by atoms with Gasteiger partial charge in [-0.15, -0.1) is 0 Å². The van der Waals surface area contributed by atoms with Gasteiger partial charge in [0.15, 0.2) is 6.10 Å². The third-order valence-electron chi connectivity index (χ3n) is 14.8. The number of hydrogen-bond donors (Lipinski definition) is 0. The van der Waals surface area contributed by atoms with Gasteiger partial charge in [-0.05, 0) is 77.0 Å². The molecule has 0 saturated carbocycles. The van der Waals surface area contributed by atoms with Crippen LogP contribution < -0.4 is 4.89 Å². The van der Waals surface area contributed by atoms with Gasteiger partial charge in [0.1, 0.15) is 19.8 Å². The molecule has 9 nitrogen and oxygen atoms in total. The van der Waals surface area contributed by atoms with Gasteiger partial charge in [0.05, 0.1) is 27.7 Å². The van der Waals surface area contributed by atoms with E-state index in [1.54, 1.807) is 0 Å². The minimum Gasteiger partial charge on any atom is -0.756 e. The van der Waals surface area contributed by atoms with E-state index in [4.69, 9.17) is 18.5 Å². The van der Waals surface area contributed by atoms with Crippen molar-refractivity contribution in [3.8, 4) is 0 Å². The van der Waals surface area contributed by atoms with Gasteiger partial charge in [-0.1, -0.05) is 281 Å². The molecule has 0 fully saturated rings. The van der Waals surface area contributed by atoms with Gasteiger partial charge in [0.2, 0.25) is 0 Å². The van der Waals surface area contributed by atoms with Crippen molar-refractivity contribution in [2.24, 2.45) is 0 Å². The zero-order valence-corrected chi connectivity index (χ0v) is 53.0. The van der Waals surface area contributed by atoms with E-state index >= 15 is 0 Å². The number of phosphoric acid groups is 1. The van der Waals surface area contributed by atoms with Crippen LogP contribution in [-0.2, 0) is 32.7 Å². The Bertz CT molecular complexity index is 1460. The molecule has 0 spiro atoms. The van der Waals surface area contributed by atoms with Gasteiger partial charge < -0.3 is 27.9 Å². The number of allylic oxidation sites excluding steroid dienone is 8. The Morgan fingerprint density at radius 1 is 0.397 bits per heavy atom. The number of ether oxygens (including phenoxy) is 2. The van der Waals surface area contributed by atoms with Crippen LogP contribution >= 0.6 is 7.82 Å². The molecule has 0 heterocycles. The van der Waals surface area contributed by atoms with Crippen molar-refractivity contribution in [3.05, 3.63) is 48.6 Å². The maximum absolute atomic E-state index is 12.8. The SMILES string of the molecule is CCCCCCC/C=C\C/C=C\C/C=C\CCCCCCCCCCCCCCCCCCCCC(=O)OC(COC(=O)CCCCCCCCCCC/C=C\CCCCCCCCCC)COP(=O)([O-])OCC[N+](C)(C)C. The van der Waals surface area contributed by atoms with E-state index < -0.39 is 26.5 Å². The molecule has 0 aliphatic rings. The fourth-order valence-corrected chi connectivity index (χ4v) is 10.4. The molecule has 0 aromatic carbocycles. The summed E-state index contributed by atoms with van der Waals surface area (Å²) in [5.41, 5.74) is 0. The van der Waals surface area contributed by atoms with E-state index in [1.807, 2.05) is 21.1 Å². The predicted octanol–water partition coefficient (Wildman–Crippen LogP) is 20.6. The first-order chi connectivity index (χ1) is 38.0. The van der Waals surface area contributed by atoms with Crippen LogP contribution in [0.2, 0.25) is 0 Å². The molecule has 0 aliphatic heterocycles. The zero-order chi connectivity index (χ0) is 57.0. The summed E-state index contributed by atoms with van der Waals surface area (Å²) in [5, 5.41) is 0. The molecule has 0 N–H and O–H groups in total. The molecule has 458 valence electrons. The summed E-state index contributed by atoms with van der Waals surface area (Å²) in [6, 6.07) is 0. The number of carbonyl (C=O) groups excluding carboxylic acids is 2. The molecule has 0 saturated heterocycles. The van der Waals surface area contributed by atoms with E-state index in [1.165, 1.54) is 238 Å². The molecule has 0 bridgehead atoms. The number of carbonyl (C=O) groups is 2. The molecule has 2 atom stereocenters. The van der Waals surface area contributed by atoms with Crippen molar-refractivity contribution in [2.75, 3.05) is 47.5 Å². The van der Waals surface area contributed by atoms with Crippen molar-refractivity contribution in [2.45, 2.75) is 328 Å². The number of hydrogen-bond acceptors (Lipinski definition) is 8. The van der Waals surface area contributed by atoms with Crippen LogP contribution in [-0.4, -0.2) is 70.0 Å². The fraction of sp³-hybridized carbons (Fsp3) is 0.853. The van der Waals surface area contributed by atoms with Gasteiger partial charge in [0, 0.05) is 12.8 Å². The Kier molecular flexibility index (Phi) is 58.0. The number of esters is 2. The maximum Gasteiger partial charge on any atom is 0.306 e. The standard InChI is InChI=1S/C68H128NO8P/c1-6-8-10-12-14-16-18-20-22-24-26-28-29-30-31-32-33-34-35-36-37-38-39-41-43-45-47-49-51-53-55-57-59-61-68(71)77-66(65-76-78(72,73)75-63-62-69(3,4)5)64-74-67(70)60-58-56-54-52-50-48-46-44-42-40-27-25-23-21-19-17-15-13-11-9-7-2/h18,20,24-27,29-30,66H,6-17,19,21-23,28,31-65H2,1-5H3/b20-18-,26-24-,27-25-,30-29-. The Labute approximate surface area is 484 Å². The fourth-order valence-electron chi connectivity index (χ4n) is 9.66. The number of rotatable bonds is 62. The van der Waals surface area contributed by atoms with Gasteiger partial charge in [-0.25, -0.2) is 0 Å². The van der Waals surface area contributed by atoms with E-state index in [-0.39, 0.29) is 32.0 Å². The second-order valence-corrected chi connectivity index (χ2v) is 25.2. The molecular weight excluding hydrogens is 990 g/mol. The lowest BCUT2D eigenvalue weighted by molar-refractivity contribution is -0.870. The highest BCUT2D eigenvalue weighted by Gasteiger charge is 2.22. The number of nitrogens with zero attached hydrogens (tertiary/aromatic N) is 1. The van der Waals surface area contributed by atoms with Crippen LogP contribution in [0.5, 0.6) is 0 Å². The van der Waals surface area contributed by atoms with E-state index in [2.05, 4.69) is 62.5 Å². The first-order valence-corrected chi connectivity index (χ1v) is 34.8. The maximum atomic E-state index is 12.8. The van der Waals surface area contributed by atoms with Crippen LogP contribution in [0.15, 0.2) is 48.6 Å². The molecule has 2 unspecified atom stereocenters. The lowest BCUT2D eigenvalue weighted by Crippen LogP contribution is -2.37. The highest BCUT2D eigenvalue weighted by Crippen LogP contribution is 2.38. The van der Waals surface area contributed by atoms with Gasteiger partial charge in [-0.3, -0.25) is 14.2 Å². The molecule has 0 aromatic rings. The van der Waals surface area contributed by atoms with Crippen molar-refractivity contribution >= 4 is 19.8 Å². The first kappa shape index (κ1) is 76.0. The normalized spacial score (nSPS) is 13.5. The average Bonchev–Trinajstić information content (AvgIpc) is 3.41. The van der Waals surface area contributed by atoms with Gasteiger partial charge in [0.25, 0.3) is 7.82 Å². The van der Waals surface area contributed by atoms with Crippen LogP contribution in [0.4, 0.5) is 0 Å². The Morgan fingerprint density at radius 3 is 1.04 bits per heavy atom. The second kappa shape index (κ2) is 59.6. The van der Waals surface area contributed by atoms with Crippen LogP contribution in [0, 0.1) is 0 Å². The Hall–Kier alpha value is -2.03. The number of likely N-dealkylation sites (N-methyl/N-ethyl adjacent to an activating group) is 1. The highest BCUT2D eigenvalue weighted by molar-refractivity contribution is 7.45. The molecule has 0 radical (unpaired) electrons. The first-order valence-electron chi connectivity index (χ1n) is 33.3. The Morgan fingerprint density at radius 2 is 0.692 bits per heavy atom. The number of phosphoric ester groups is 1. The van der Waals surface area contributed by atoms with Crippen molar-refractivity contribution in [3.63, 3.8) is 0 Å². The van der Waals surface area contributed by atoms with Crippen LogP contribution in [0.25, 0.3) is 0 Å². The smallest absolute Gasteiger partial charge is 0.306 e. The molecule has 78 heavy (non-hydrogen) atoms. The molecule has 0 aliphatic carbocycles. The molecule has 0 rings (SSSR count). The summed E-state index contributed by atoms with van der Waals surface area (Å²) in [6.45, 7) is 4.27. The van der Waals surface area contributed by atoms with Crippen LogP contribution in [0.3, 0.4) is 0 Å². The van der Waals surface area contributed by atoms with Crippen molar-refractivity contribution in [1.82, 2.24) is 0 Å². The molecular formula is C68H128NO8P. The highest BCUT2D eigenvalue weighted by atomic mass is 31.2. The predicted molar refractivity (Wildman–Crippen MR) is 333 cm³/mol. The van der Waals surface area contributed by atoms with Crippen LogP contribution in [0.1, 0.15) is 322 Å². The second-order valence-electron chi connectivity index (χ2n) is 23.8. The van der Waals surface area contributed by atoms with Gasteiger partial charge >= 0.3 is 11.9 Å². The number of quaternary nitrogens is 1. The quantitative estimate of drug-likeness (QED) is 0.0195. The minimum atomic E-state index is -4.64.